The topological polar surface area (TPSA) is 60.0 Å². The number of amides is 1. The van der Waals surface area contributed by atoms with Crippen LogP contribution in [0.5, 0.6) is 17.2 Å². The van der Waals surface area contributed by atoms with Gasteiger partial charge < -0.3 is 19.5 Å². The maximum Gasteiger partial charge on any atom is 0.220 e. The van der Waals surface area contributed by atoms with Crippen LogP contribution in [0.3, 0.4) is 0 Å². The summed E-state index contributed by atoms with van der Waals surface area (Å²) in [4.78, 5) is 14.1. The molecule has 1 aromatic rings. The van der Waals surface area contributed by atoms with Crippen molar-refractivity contribution in [1.82, 2.24) is 10.2 Å². The largest absolute Gasteiger partial charge is 0.496 e. The number of rotatable bonds is 5. The van der Waals surface area contributed by atoms with Crippen molar-refractivity contribution in [2.45, 2.75) is 38.6 Å². The first kappa shape index (κ1) is 18.8. The van der Waals surface area contributed by atoms with E-state index in [1.165, 1.54) is 0 Å². The minimum absolute atomic E-state index is 0.208. The standard InChI is InChI=1S/C20H30N2O4/c1-24-16-13-18(26-3)17(25-2)12-15(16)14-22-10-7-20(8-11-22)5-4-19(23)21-9-6-20/h12-13H,4-11,14H2,1-3H3,(H,21,23). The molecular formula is C20H30N2O4. The van der Waals surface area contributed by atoms with Crippen LogP contribution >= 0.6 is 0 Å². The van der Waals surface area contributed by atoms with Gasteiger partial charge in [-0.05, 0) is 50.3 Å². The van der Waals surface area contributed by atoms with Gasteiger partial charge >= 0.3 is 0 Å². The average molecular weight is 362 g/mol. The molecule has 2 fully saturated rings. The van der Waals surface area contributed by atoms with Gasteiger partial charge in [-0.15, -0.1) is 0 Å². The number of nitrogens with one attached hydrogen (secondary N) is 1. The highest BCUT2D eigenvalue weighted by Gasteiger charge is 2.36. The highest BCUT2D eigenvalue weighted by molar-refractivity contribution is 5.76. The molecule has 0 aliphatic carbocycles. The molecule has 0 bridgehead atoms. The van der Waals surface area contributed by atoms with Crippen LogP contribution in [0.2, 0.25) is 0 Å². The molecule has 1 aromatic carbocycles. The number of carbonyl (C=O) groups is 1. The summed E-state index contributed by atoms with van der Waals surface area (Å²) < 4.78 is 16.4. The molecule has 0 unspecified atom stereocenters. The van der Waals surface area contributed by atoms with Gasteiger partial charge in [0.05, 0.1) is 21.3 Å². The van der Waals surface area contributed by atoms with Gasteiger partial charge in [-0.3, -0.25) is 9.69 Å². The van der Waals surface area contributed by atoms with Crippen molar-refractivity contribution in [2.75, 3.05) is 41.0 Å². The van der Waals surface area contributed by atoms with Crippen LogP contribution in [0.25, 0.3) is 0 Å². The highest BCUT2D eigenvalue weighted by Crippen LogP contribution is 2.41. The van der Waals surface area contributed by atoms with E-state index in [1.54, 1.807) is 21.3 Å². The average Bonchev–Trinajstić information content (AvgIpc) is 2.85. The molecule has 3 rings (SSSR count). The van der Waals surface area contributed by atoms with Crippen LogP contribution in [-0.4, -0.2) is 51.8 Å². The second-order valence-corrected chi connectivity index (χ2v) is 7.40. The number of piperidine rings is 1. The predicted molar refractivity (Wildman–Crippen MR) is 99.9 cm³/mol. The van der Waals surface area contributed by atoms with Crippen molar-refractivity contribution in [2.24, 2.45) is 5.41 Å². The number of likely N-dealkylation sites (tertiary alicyclic amines) is 1. The molecule has 0 atom stereocenters. The lowest BCUT2D eigenvalue weighted by Gasteiger charge is -2.41. The van der Waals surface area contributed by atoms with E-state index >= 15 is 0 Å². The van der Waals surface area contributed by atoms with Gasteiger partial charge in [-0.2, -0.15) is 0 Å². The van der Waals surface area contributed by atoms with Gasteiger partial charge in [0.25, 0.3) is 0 Å². The van der Waals surface area contributed by atoms with E-state index in [9.17, 15) is 4.79 Å². The minimum atomic E-state index is 0.208. The van der Waals surface area contributed by atoms with Crippen molar-refractivity contribution in [1.29, 1.82) is 0 Å². The first-order valence-electron chi connectivity index (χ1n) is 9.37. The van der Waals surface area contributed by atoms with Crippen molar-refractivity contribution in [3.8, 4) is 17.2 Å². The molecule has 1 spiro atoms. The fourth-order valence-electron chi connectivity index (χ4n) is 4.20. The molecule has 0 saturated carbocycles. The second-order valence-electron chi connectivity index (χ2n) is 7.40. The molecule has 144 valence electrons. The van der Waals surface area contributed by atoms with Gasteiger partial charge in [0.2, 0.25) is 5.91 Å². The Morgan fingerprint density at radius 2 is 1.62 bits per heavy atom. The third-order valence-corrected chi connectivity index (χ3v) is 5.96. The molecule has 0 radical (unpaired) electrons. The Morgan fingerprint density at radius 3 is 2.27 bits per heavy atom. The van der Waals surface area contributed by atoms with E-state index in [2.05, 4.69) is 10.2 Å². The van der Waals surface area contributed by atoms with E-state index in [4.69, 9.17) is 14.2 Å². The highest BCUT2D eigenvalue weighted by atomic mass is 16.5. The van der Waals surface area contributed by atoms with E-state index in [0.29, 0.717) is 17.6 Å². The van der Waals surface area contributed by atoms with Crippen LogP contribution in [0.4, 0.5) is 0 Å². The summed E-state index contributed by atoms with van der Waals surface area (Å²) in [5.74, 6) is 2.44. The summed E-state index contributed by atoms with van der Waals surface area (Å²) in [7, 11) is 4.97. The molecule has 0 aromatic heterocycles. The van der Waals surface area contributed by atoms with Crippen LogP contribution in [0.1, 0.15) is 37.7 Å². The lowest BCUT2D eigenvalue weighted by molar-refractivity contribution is -0.121. The first-order chi connectivity index (χ1) is 12.6. The first-order valence-corrected chi connectivity index (χ1v) is 9.37. The Labute approximate surface area is 155 Å². The Kier molecular flexibility index (Phi) is 5.91. The summed E-state index contributed by atoms with van der Waals surface area (Å²) in [5.41, 5.74) is 1.44. The summed E-state index contributed by atoms with van der Waals surface area (Å²) in [6.45, 7) is 3.75. The van der Waals surface area contributed by atoms with E-state index in [0.717, 1.165) is 68.9 Å². The number of hydrogen-bond donors (Lipinski definition) is 1. The Balaban J connectivity index is 1.66. The summed E-state index contributed by atoms with van der Waals surface area (Å²) in [6.07, 6.45) is 5.09. The molecule has 6 nitrogen and oxygen atoms in total. The van der Waals surface area contributed by atoms with Crippen LogP contribution < -0.4 is 19.5 Å². The molecule has 2 heterocycles. The maximum atomic E-state index is 11.6. The van der Waals surface area contributed by atoms with Gasteiger partial charge in [-0.25, -0.2) is 0 Å². The number of ether oxygens (including phenoxy) is 3. The normalized spacial score (nSPS) is 20.3. The SMILES string of the molecule is COc1cc(OC)c(OC)cc1CN1CCC2(CCNC(=O)CC2)CC1. The fraction of sp³-hybridized carbons (Fsp3) is 0.650. The van der Waals surface area contributed by atoms with Gasteiger partial charge in [0.1, 0.15) is 5.75 Å². The van der Waals surface area contributed by atoms with Crippen LogP contribution in [-0.2, 0) is 11.3 Å². The molecule has 2 aliphatic heterocycles. The van der Waals surface area contributed by atoms with Crippen LogP contribution in [0, 0.1) is 5.41 Å². The van der Waals surface area contributed by atoms with Gasteiger partial charge in [0, 0.05) is 31.1 Å². The number of hydrogen-bond acceptors (Lipinski definition) is 5. The number of methoxy groups -OCH3 is 3. The molecule has 1 amide bonds. The fourth-order valence-corrected chi connectivity index (χ4v) is 4.20. The van der Waals surface area contributed by atoms with Crippen molar-refractivity contribution in [3.63, 3.8) is 0 Å². The maximum absolute atomic E-state index is 11.6. The quantitative estimate of drug-likeness (QED) is 0.872. The predicted octanol–water partition coefficient (Wildman–Crippen LogP) is 2.59. The van der Waals surface area contributed by atoms with Gasteiger partial charge in [-0.1, -0.05) is 0 Å². The smallest absolute Gasteiger partial charge is 0.220 e. The molecule has 26 heavy (non-hydrogen) atoms. The summed E-state index contributed by atoms with van der Waals surface area (Å²) in [6, 6.07) is 3.90. The van der Waals surface area contributed by atoms with Crippen LogP contribution in [0.15, 0.2) is 12.1 Å². The Morgan fingerprint density at radius 1 is 0.962 bits per heavy atom. The third kappa shape index (κ3) is 4.06. The number of benzene rings is 1. The molecule has 1 N–H and O–H groups in total. The Hall–Kier alpha value is -1.95. The van der Waals surface area contributed by atoms with E-state index in [1.807, 2.05) is 12.1 Å². The lowest BCUT2D eigenvalue weighted by atomic mass is 9.73. The molecule has 6 heteroatoms. The van der Waals surface area contributed by atoms with Crippen molar-refractivity contribution >= 4 is 5.91 Å². The summed E-state index contributed by atoms with van der Waals surface area (Å²) >= 11 is 0. The zero-order valence-electron chi connectivity index (χ0n) is 16.1. The Bertz CT molecular complexity index is 639. The second kappa shape index (κ2) is 8.16. The lowest BCUT2D eigenvalue weighted by Crippen LogP contribution is -2.40. The van der Waals surface area contributed by atoms with E-state index in [-0.39, 0.29) is 5.91 Å². The summed E-state index contributed by atoms with van der Waals surface area (Å²) in [5, 5.41) is 3.01. The number of nitrogens with zero attached hydrogens (tertiary/aromatic N) is 1. The van der Waals surface area contributed by atoms with Gasteiger partial charge in [0.15, 0.2) is 11.5 Å². The molecular weight excluding hydrogens is 332 g/mol. The van der Waals surface area contributed by atoms with E-state index < -0.39 is 0 Å². The molecule has 2 aliphatic rings. The minimum Gasteiger partial charge on any atom is -0.496 e. The number of carbonyl (C=O) groups excluding carboxylic acids is 1. The van der Waals surface area contributed by atoms with Crippen molar-refractivity contribution < 1.29 is 19.0 Å². The monoisotopic (exact) mass is 362 g/mol. The zero-order valence-corrected chi connectivity index (χ0v) is 16.1. The molecule has 2 saturated heterocycles. The zero-order chi connectivity index (χ0) is 18.6. The van der Waals surface area contributed by atoms with Crippen molar-refractivity contribution in [3.05, 3.63) is 17.7 Å². The third-order valence-electron chi connectivity index (χ3n) is 5.96.